The summed E-state index contributed by atoms with van der Waals surface area (Å²) in [6, 6.07) is 9.58. The van der Waals surface area contributed by atoms with Crippen LogP contribution in [0.3, 0.4) is 0 Å². The summed E-state index contributed by atoms with van der Waals surface area (Å²) in [4.78, 5) is 19.8. The van der Waals surface area contributed by atoms with E-state index in [4.69, 9.17) is 0 Å². The van der Waals surface area contributed by atoms with E-state index < -0.39 is 5.82 Å². The number of aryl methyl sites for hydroxylation is 1. The van der Waals surface area contributed by atoms with E-state index in [0.29, 0.717) is 17.3 Å². The molecule has 3 aromatic heterocycles. The summed E-state index contributed by atoms with van der Waals surface area (Å²) in [6.07, 6.45) is 3.04. The summed E-state index contributed by atoms with van der Waals surface area (Å²) < 4.78 is 15.5. The molecule has 0 aliphatic carbocycles. The van der Waals surface area contributed by atoms with E-state index in [1.807, 2.05) is 43.5 Å². The predicted octanol–water partition coefficient (Wildman–Crippen LogP) is 3.74. The summed E-state index contributed by atoms with van der Waals surface area (Å²) >= 11 is 1.58. The quantitative estimate of drug-likeness (QED) is 0.494. The number of rotatable bonds is 5. The molecule has 0 atom stereocenters. The molecule has 0 radical (unpaired) electrons. The van der Waals surface area contributed by atoms with E-state index in [-0.39, 0.29) is 5.69 Å². The molecule has 2 N–H and O–H groups in total. The van der Waals surface area contributed by atoms with Gasteiger partial charge >= 0.3 is 0 Å². The van der Waals surface area contributed by atoms with E-state index in [1.54, 1.807) is 11.3 Å². The van der Waals surface area contributed by atoms with Gasteiger partial charge in [-0.15, -0.1) is 11.3 Å². The van der Waals surface area contributed by atoms with Crippen LogP contribution >= 0.6 is 11.3 Å². The van der Waals surface area contributed by atoms with Gasteiger partial charge in [0.25, 0.3) is 0 Å². The lowest BCUT2D eigenvalue weighted by Crippen LogP contribution is -2.42. The van der Waals surface area contributed by atoms with Crippen molar-refractivity contribution in [2.24, 2.45) is 0 Å². The highest BCUT2D eigenvalue weighted by atomic mass is 32.1. The van der Waals surface area contributed by atoms with Gasteiger partial charge in [0, 0.05) is 44.5 Å². The van der Waals surface area contributed by atoms with Gasteiger partial charge in [-0.2, -0.15) is 0 Å². The summed E-state index contributed by atoms with van der Waals surface area (Å²) in [5, 5.41) is 7.41. The molecule has 9 heteroatoms. The minimum absolute atomic E-state index is 0.251. The standard InChI is InChI=1S/C22H22FN7S/c1-14-27-18-4-3-16(10-19(18)31-14)21-17(23)12-26-22(29-21)28-20-5-2-15(11-25-20)13-30-8-6-24-7-9-30/h2-5,10-12,24H,6-9,13H2,1H3,(H,25,26,28,29). The second-order valence-corrected chi connectivity index (χ2v) is 8.74. The molecule has 158 valence electrons. The average molecular weight is 436 g/mol. The number of hydrogen-bond acceptors (Lipinski definition) is 8. The second-order valence-electron chi connectivity index (χ2n) is 7.51. The Bertz CT molecular complexity index is 1200. The Kier molecular flexibility index (Phi) is 5.54. The average Bonchev–Trinajstić information content (AvgIpc) is 3.16. The topological polar surface area (TPSA) is 78.9 Å². The minimum atomic E-state index is -0.467. The Labute approximate surface area is 183 Å². The molecule has 7 nitrogen and oxygen atoms in total. The fourth-order valence-electron chi connectivity index (χ4n) is 3.65. The van der Waals surface area contributed by atoms with Crippen LogP contribution in [-0.2, 0) is 6.54 Å². The number of nitrogens with zero attached hydrogens (tertiary/aromatic N) is 5. The van der Waals surface area contributed by atoms with Crippen LogP contribution in [0, 0.1) is 12.7 Å². The van der Waals surface area contributed by atoms with E-state index in [1.165, 1.54) is 6.20 Å². The number of piperazine rings is 1. The first-order valence-corrected chi connectivity index (χ1v) is 11.0. The lowest BCUT2D eigenvalue weighted by Gasteiger charge is -2.27. The van der Waals surface area contributed by atoms with Gasteiger partial charge in [-0.05, 0) is 30.7 Å². The van der Waals surface area contributed by atoms with Crippen molar-refractivity contribution in [1.82, 2.24) is 30.2 Å². The monoisotopic (exact) mass is 435 g/mol. The van der Waals surface area contributed by atoms with Gasteiger partial charge in [0.05, 0.1) is 21.4 Å². The van der Waals surface area contributed by atoms with Crippen LogP contribution in [0.4, 0.5) is 16.2 Å². The van der Waals surface area contributed by atoms with Crippen LogP contribution in [0.2, 0.25) is 0 Å². The first kappa shape index (κ1) is 19.9. The molecule has 1 aromatic carbocycles. The highest BCUT2D eigenvalue weighted by Gasteiger charge is 2.13. The van der Waals surface area contributed by atoms with Crippen LogP contribution in [0.15, 0.2) is 42.7 Å². The molecule has 4 aromatic rings. The number of pyridine rings is 1. The Hall–Kier alpha value is -3.01. The third kappa shape index (κ3) is 4.53. The molecule has 31 heavy (non-hydrogen) atoms. The van der Waals surface area contributed by atoms with Gasteiger partial charge in [0.1, 0.15) is 11.5 Å². The zero-order chi connectivity index (χ0) is 21.2. The first-order chi connectivity index (χ1) is 15.1. The van der Waals surface area contributed by atoms with E-state index in [9.17, 15) is 4.39 Å². The number of nitrogens with one attached hydrogen (secondary N) is 2. The molecule has 1 saturated heterocycles. The predicted molar refractivity (Wildman–Crippen MR) is 121 cm³/mol. The molecule has 0 amide bonds. The summed E-state index contributed by atoms with van der Waals surface area (Å²) in [5.74, 6) is 0.458. The number of aromatic nitrogens is 4. The van der Waals surface area contributed by atoms with E-state index in [2.05, 4.69) is 35.5 Å². The maximum atomic E-state index is 14.5. The molecule has 5 rings (SSSR count). The van der Waals surface area contributed by atoms with E-state index in [0.717, 1.165) is 53.5 Å². The summed E-state index contributed by atoms with van der Waals surface area (Å²) in [6.45, 7) is 6.96. The molecule has 4 heterocycles. The van der Waals surface area contributed by atoms with Crippen LogP contribution in [-0.4, -0.2) is 51.0 Å². The fraction of sp³-hybridized carbons (Fsp3) is 0.273. The smallest absolute Gasteiger partial charge is 0.229 e. The number of benzene rings is 1. The Balaban J connectivity index is 1.33. The molecule has 0 saturated carbocycles. The summed E-state index contributed by atoms with van der Waals surface area (Å²) in [5.41, 5.74) is 3.00. The van der Waals surface area contributed by atoms with Crippen LogP contribution in [0.25, 0.3) is 21.5 Å². The number of hydrogen-bond donors (Lipinski definition) is 2. The molecule has 0 bridgehead atoms. The van der Waals surface area contributed by atoms with Crippen LogP contribution in [0.5, 0.6) is 0 Å². The number of thiazole rings is 1. The van der Waals surface area contributed by atoms with Crippen molar-refractivity contribution in [2.45, 2.75) is 13.5 Å². The molecule has 1 aliphatic rings. The van der Waals surface area contributed by atoms with Gasteiger partial charge in [-0.25, -0.2) is 24.3 Å². The zero-order valence-electron chi connectivity index (χ0n) is 17.1. The number of halogens is 1. The lowest BCUT2D eigenvalue weighted by atomic mass is 10.1. The lowest BCUT2D eigenvalue weighted by molar-refractivity contribution is 0.233. The highest BCUT2D eigenvalue weighted by molar-refractivity contribution is 7.18. The van der Waals surface area contributed by atoms with Crippen LogP contribution in [0.1, 0.15) is 10.6 Å². The number of fused-ring (bicyclic) bond motifs is 1. The van der Waals surface area contributed by atoms with Crippen molar-refractivity contribution in [2.75, 3.05) is 31.5 Å². The Morgan fingerprint density at radius 2 is 1.97 bits per heavy atom. The van der Waals surface area contributed by atoms with Crippen molar-refractivity contribution in [3.63, 3.8) is 0 Å². The van der Waals surface area contributed by atoms with Gasteiger partial charge < -0.3 is 10.6 Å². The minimum Gasteiger partial charge on any atom is -0.314 e. The van der Waals surface area contributed by atoms with Gasteiger partial charge in [0.2, 0.25) is 5.95 Å². The normalized spacial score (nSPS) is 14.8. The van der Waals surface area contributed by atoms with Crippen molar-refractivity contribution >= 4 is 33.3 Å². The van der Waals surface area contributed by atoms with Crippen molar-refractivity contribution in [1.29, 1.82) is 0 Å². The third-order valence-corrected chi connectivity index (χ3v) is 6.13. The van der Waals surface area contributed by atoms with Crippen molar-refractivity contribution < 1.29 is 4.39 Å². The first-order valence-electron chi connectivity index (χ1n) is 10.2. The largest absolute Gasteiger partial charge is 0.314 e. The maximum Gasteiger partial charge on any atom is 0.229 e. The van der Waals surface area contributed by atoms with Crippen LogP contribution < -0.4 is 10.6 Å². The molecule has 0 unspecified atom stereocenters. The fourth-order valence-corrected chi connectivity index (χ4v) is 4.52. The molecule has 1 fully saturated rings. The highest BCUT2D eigenvalue weighted by Crippen LogP contribution is 2.29. The van der Waals surface area contributed by atoms with Gasteiger partial charge in [-0.3, -0.25) is 4.90 Å². The SMILES string of the molecule is Cc1nc2ccc(-c3nc(Nc4ccc(CN5CCNCC5)cn4)ncc3F)cc2s1. The Morgan fingerprint density at radius 1 is 1.10 bits per heavy atom. The van der Waals surface area contributed by atoms with Gasteiger partial charge in [0.15, 0.2) is 5.82 Å². The van der Waals surface area contributed by atoms with Gasteiger partial charge in [-0.1, -0.05) is 12.1 Å². The number of anilines is 2. The van der Waals surface area contributed by atoms with Crippen molar-refractivity contribution in [3.8, 4) is 11.3 Å². The zero-order valence-corrected chi connectivity index (χ0v) is 17.9. The molecular weight excluding hydrogens is 413 g/mol. The van der Waals surface area contributed by atoms with E-state index >= 15 is 0 Å². The third-order valence-electron chi connectivity index (χ3n) is 5.19. The molecule has 1 aliphatic heterocycles. The summed E-state index contributed by atoms with van der Waals surface area (Å²) in [7, 11) is 0. The Morgan fingerprint density at radius 3 is 2.77 bits per heavy atom. The maximum absolute atomic E-state index is 14.5. The second kappa shape index (κ2) is 8.62. The van der Waals surface area contributed by atoms with Crippen molar-refractivity contribution in [3.05, 3.63) is 59.1 Å². The molecule has 0 spiro atoms. The molecular formula is C22H22FN7S.